The lowest BCUT2D eigenvalue weighted by Crippen LogP contribution is -2.24. The third-order valence-corrected chi connectivity index (χ3v) is 5.85. The second-order valence-electron chi connectivity index (χ2n) is 6.55. The minimum absolute atomic E-state index is 0.377. The van der Waals surface area contributed by atoms with Gasteiger partial charge in [-0.3, -0.25) is 0 Å². The fraction of sp³-hybridized carbons (Fsp3) is 0.389. The molecule has 0 aliphatic carbocycles. The number of benzene rings is 1. The van der Waals surface area contributed by atoms with Crippen LogP contribution >= 0.6 is 35.0 Å². The monoisotopic (exact) mass is 424 g/mol. The maximum Gasteiger partial charge on any atom is 0.175 e. The Balaban J connectivity index is 1.96. The number of fused-ring (bicyclic) bond motifs is 1. The van der Waals surface area contributed by atoms with Gasteiger partial charge in [0, 0.05) is 27.5 Å². The number of nitrogens with zero attached hydrogens (tertiary/aromatic N) is 4. The number of hydrogen-bond acceptors (Lipinski definition) is 6. The highest BCUT2D eigenvalue weighted by Crippen LogP contribution is 2.37. The number of aromatic nitrogens is 4. The van der Waals surface area contributed by atoms with Gasteiger partial charge in [0.2, 0.25) is 0 Å². The number of nitrogen functional groups attached to an aromatic ring is 1. The van der Waals surface area contributed by atoms with E-state index in [9.17, 15) is 0 Å². The molecule has 0 aliphatic rings. The number of aryl methyl sites for hydroxylation is 1. The minimum atomic E-state index is 0.377. The second kappa shape index (κ2) is 8.65. The van der Waals surface area contributed by atoms with E-state index < -0.39 is 0 Å². The van der Waals surface area contributed by atoms with Gasteiger partial charge in [-0.05, 0) is 37.6 Å². The molecule has 0 saturated heterocycles. The summed E-state index contributed by atoms with van der Waals surface area (Å²) >= 11 is 14.0. The summed E-state index contributed by atoms with van der Waals surface area (Å²) in [7, 11) is 0. The van der Waals surface area contributed by atoms with Gasteiger partial charge in [-0.25, -0.2) is 15.0 Å². The molecule has 3 aromatic rings. The Labute approximate surface area is 172 Å². The highest BCUT2D eigenvalue weighted by Gasteiger charge is 2.17. The van der Waals surface area contributed by atoms with Crippen LogP contribution in [0.25, 0.3) is 11.2 Å². The molecule has 0 radical (unpaired) electrons. The largest absolute Gasteiger partial charge is 0.382 e. The number of rotatable bonds is 7. The van der Waals surface area contributed by atoms with E-state index in [0.717, 1.165) is 40.8 Å². The third kappa shape index (κ3) is 4.66. The summed E-state index contributed by atoms with van der Waals surface area (Å²) in [5, 5.41) is 5.45. The van der Waals surface area contributed by atoms with Crippen LogP contribution in [0, 0.1) is 6.92 Å². The van der Waals surface area contributed by atoms with E-state index in [1.165, 1.54) is 18.1 Å². The number of halogens is 2. The number of hydrogen-bond donors (Lipinski definition) is 2. The van der Waals surface area contributed by atoms with Crippen LogP contribution in [0.5, 0.6) is 0 Å². The number of anilines is 1. The van der Waals surface area contributed by atoms with Gasteiger partial charge in [0.05, 0.1) is 0 Å². The molecule has 2 heterocycles. The first-order chi connectivity index (χ1) is 12.9. The first kappa shape index (κ1) is 20.2. The summed E-state index contributed by atoms with van der Waals surface area (Å²) in [5.74, 6) is 0.377. The zero-order valence-corrected chi connectivity index (χ0v) is 17.8. The van der Waals surface area contributed by atoms with Gasteiger partial charge in [0.15, 0.2) is 22.1 Å². The molecule has 0 bridgehead atoms. The van der Waals surface area contributed by atoms with Gasteiger partial charge in [-0.2, -0.15) is 0 Å². The molecule has 27 heavy (non-hydrogen) atoms. The van der Waals surface area contributed by atoms with E-state index in [-0.39, 0.29) is 0 Å². The van der Waals surface area contributed by atoms with E-state index in [2.05, 4.69) is 33.7 Å². The summed E-state index contributed by atoms with van der Waals surface area (Å²) in [6.45, 7) is 7.90. The summed E-state index contributed by atoms with van der Waals surface area (Å²) < 4.78 is 2.08. The summed E-state index contributed by atoms with van der Waals surface area (Å²) in [6.07, 6.45) is 2.41. The van der Waals surface area contributed by atoms with Crippen molar-refractivity contribution in [1.82, 2.24) is 24.8 Å². The van der Waals surface area contributed by atoms with Crippen LogP contribution in [-0.4, -0.2) is 32.1 Å². The molecule has 3 rings (SSSR count). The Hall–Kier alpha value is -1.54. The smallest absolute Gasteiger partial charge is 0.175 e. The lowest BCUT2D eigenvalue weighted by Gasteiger charge is -2.12. The van der Waals surface area contributed by atoms with Gasteiger partial charge in [0.1, 0.15) is 6.33 Å². The quantitative estimate of drug-likeness (QED) is 0.540. The van der Waals surface area contributed by atoms with Gasteiger partial charge >= 0.3 is 0 Å². The average Bonchev–Trinajstić information content (AvgIpc) is 2.95. The predicted molar refractivity (Wildman–Crippen MR) is 113 cm³/mol. The Bertz CT molecular complexity index is 957. The minimum Gasteiger partial charge on any atom is -0.382 e. The van der Waals surface area contributed by atoms with E-state index in [1.807, 2.05) is 13.0 Å². The van der Waals surface area contributed by atoms with Crippen molar-refractivity contribution in [2.75, 3.05) is 12.3 Å². The van der Waals surface area contributed by atoms with Crippen LogP contribution in [0.3, 0.4) is 0 Å². The van der Waals surface area contributed by atoms with Gasteiger partial charge < -0.3 is 15.6 Å². The van der Waals surface area contributed by atoms with Crippen LogP contribution < -0.4 is 11.1 Å². The van der Waals surface area contributed by atoms with Crippen LogP contribution in [0.4, 0.5) is 5.82 Å². The molecule has 0 aliphatic heterocycles. The van der Waals surface area contributed by atoms with Crippen molar-refractivity contribution in [1.29, 1.82) is 0 Å². The van der Waals surface area contributed by atoms with Crippen molar-refractivity contribution in [2.24, 2.45) is 0 Å². The van der Waals surface area contributed by atoms with Gasteiger partial charge in [-0.15, -0.1) is 0 Å². The molecule has 0 spiro atoms. The van der Waals surface area contributed by atoms with Crippen molar-refractivity contribution in [3.05, 3.63) is 34.1 Å². The zero-order chi connectivity index (χ0) is 19.6. The lowest BCUT2D eigenvalue weighted by atomic mass is 10.2. The Morgan fingerprint density at radius 2 is 2.04 bits per heavy atom. The highest BCUT2D eigenvalue weighted by atomic mass is 35.5. The first-order valence-corrected chi connectivity index (χ1v) is 10.3. The molecule has 3 N–H and O–H groups in total. The van der Waals surface area contributed by atoms with E-state index in [4.69, 9.17) is 33.9 Å². The lowest BCUT2D eigenvalue weighted by molar-refractivity contribution is 0.525. The van der Waals surface area contributed by atoms with Crippen molar-refractivity contribution in [2.45, 2.75) is 49.8 Å². The van der Waals surface area contributed by atoms with Crippen LogP contribution in [0.15, 0.2) is 28.5 Å². The highest BCUT2D eigenvalue weighted by molar-refractivity contribution is 7.99. The molecule has 144 valence electrons. The normalized spacial score (nSPS) is 11.6. The SMILES string of the molecule is Cc1c(Cl)cc(Cl)cc1Sc1nc2c(N)ncnc2n1CCCNC(C)C. The maximum absolute atomic E-state index is 6.29. The zero-order valence-electron chi connectivity index (χ0n) is 15.5. The molecule has 9 heteroatoms. The Morgan fingerprint density at radius 1 is 1.26 bits per heavy atom. The van der Waals surface area contributed by atoms with E-state index in [0.29, 0.717) is 27.4 Å². The summed E-state index contributed by atoms with van der Waals surface area (Å²) in [4.78, 5) is 14.1. The van der Waals surface area contributed by atoms with E-state index >= 15 is 0 Å². The molecule has 0 unspecified atom stereocenters. The number of imidazole rings is 1. The van der Waals surface area contributed by atoms with Crippen LogP contribution in [0.1, 0.15) is 25.8 Å². The van der Waals surface area contributed by atoms with Crippen molar-refractivity contribution < 1.29 is 0 Å². The summed E-state index contributed by atoms with van der Waals surface area (Å²) in [5.41, 5.74) is 8.33. The molecular weight excluding hydrogens is 403 g/mol. The van der Waals surface area contributed by atoms with Gasteiger partial charge in [-0.1, -0.05) is 48.8 Å². The molecule has 0 saturated carbocycles. The van der Waals surface area contributed by atoms with E-state index in [1.54, 1.807) is 6.07 Å². The standard InChI is InChI=1S/C18H22Cl2N6S/c1-10(2)22-5-4-6-26-17-15(16(21)23-9-24-17)25-18(26)27-14-8-12(19)7-13(20)11(14)3/h7-10,22H,4-6H2,1-3H3,(H2,21,23,24). The summed E-state index contributed by atoms with van der Waals surface area (Å²) in [6, 6.07) is 4.09. The Morgan fingerprint density at radius 3 is 2.78 bits per heavy atom. The Kier molecular flexibility index (Phi) is 6.47. The van der Waals surface area contributed by atoms with Crippen LogP contribution in [0.2, 0.25) is 10.0 Å². The fourth-order valence-electron chi connectivity index (χ4n) is 2.67. The van der Waals surface area contributed by atoms with Crippen molar-refractivity contribution in [3.63, 3.8) is 0 Å². The fourth-order valence-corrected chi connectivity index (χ4v) is 4.35. The average molecular weight is 425 g/mol. The third-order valence-electron chi connectivity index (χ3n) is 4.10. The predicted octanol–water partition coefficient (Wildman–Crippen LogP) is 4.56. The molecule has 0 fully saturated rings. The number of nitrogens with one attached hydrogen (secondary N) is 1. The van der Waals surface area contributed by atoms with Gasteiger partial charge in [0.25, 0.3) is 0 Å². The molecule has 1 aromatic carbocycles. The first-order valence-electron chi connectivity index (χ1n) is 8.70. The topological polar surface area (TPSA) is 81.7 Å². The van der Waals surface area contributed by atoms with Crippen LogP contribution in [-0.2, 0) is 6.54 Å². The molecule has 0 amide bonds. The molecule has 6 nitrogen and oxygen atoms in total. The molecule has 2 aromatic heterocycles. The maximum atomic E-state index is 6.29. The van der Waals surface area contributed by atoms with Crippen molar-refractivity contribution in [3.8, 4) is 0 Å². The number of nitrogens with two attached hydrogens (primary N) is 1. The molecular formula is C18H22Cl2N6S. The molecule has 0 atom stereocenters. The second-order valence-corrected chi connectivity index (χ2v) is 8.41. The van der Waals surface area contributed by atoms with Crippen molar-refractivity contribution >= 4 is 51.9 Å².